The van der Waals surface area contributed by atoms with Crippen molar-refractivity contribution < 1.29 is 18.5 Å². The summed E-state index contributed by atoms with van der Waals surface area (Å²) in [5, 5.41) is 5.57. The molecule has 1 saturated heterocycles. The van der Waals surface area contributed by atoms with E-state index in [0.29, 0.717) is 42.7 Å². The maximum Gasteiger partial charge on any atom is 0.263 e. The summed E-state index contributed by atoms with van der Waals surface area (Å²) in [6, 6.07) is 12.4. The fourth-order valence-corrected chi connectivity index (χ4v) is 8.62. The van der Waals surface area contributed by atoms with Gasteiger partial charge in [0.05, 0.1) is 36.8 Å². The lowest BCUT2D eigenvalue weighted by Gasteiger charge is -2.24. The van der Waals surface area contributed by atoms with Crippen LogP contribution >= 0.6 is 0 Å². The van der Waals surface area contributed by atoms with Crippen LogP contribution in [0.2, 0.25) is 0 Å². The lowest BCUT2D eigenvalue weighted by Crippen LogP contribution is -2.34. The van der Waals surface area contributed by atoms with Gasteiger partial charge in [0, 0.05) is 53.5 Å². The molecule has 2 fully saturated rings. The number of aryl methyl sites for hydroxylation is 1. The molecule has 2 amide bonds. The van der Waals surface area contributed by atoms with Crippen molar-refractivity contribution in [3.05, 3.63) is 70.5 Å². The minimum atomic E-state index is -1.49. The first-order chi connectivity index (χ1) is 24.0. The van der Waals surface area contributed by atoms with Crippen molar-refractivity contribution in [2.75, 3.05) is 34.3 Å². The van der Waals surface area contributed by atoms with Crippen LogP contribution in [0.4, 0.5) is 0 Å². The largest absolute Gasteiger partial charge is 0.497 e. The second-order valence-corrected chi connectivity index (χ2v) is 16.2. The van der Waals surface area contributed by atoms with Gasteiger partial charge in [-0.05, 0) is 106 Å². The maximum atomic E-state index is 14.2. The number of benzene rings is 2. The summed E-state index contributed by atoms with van der Waals surface area (Å²) in [5.74, 6) is 0.768. The number of allylic oxidation sites excluding steroid dienone is 1. The van der Waals surface area contributed by atoms with E-state index in [1.165, 1.54) is 24.8 Å². The summed E-state index contributed by atoms with van der Waals surface area (Å²) in [4.78, 5) is 31.7. The topological polar surface area (TPSA) is 102 Å². The molecule has 1 aliphatic carbocycles. The molecule has 1 N–H and O–H groups in total. The van der Waals surface area contributed by atoms with E-state index in [1.54, 1.807) is 13.3 Å². The first-order valence-corrected chi connectivity index (χ1v) is 19.0. The van der Waals surface area contributed by atoms with Crippen molar-refractivity contribution in [1.29, 1.82) is 0 Å². The summed E-state index contributed by atoms with van der Waals surface area (Å²) >= 11 is 0. The van der Waals surface area contributed by atoms with Gasteiger partial charge in [0.15, 0.2) is 0 Å². The van der Waals surface area contributed by atoms with Crippen LogP contribution in [0.5, 0.6) is 5.75 Å². The van der Waals surface area contributed by atoms with E-state index in [0.717, 1.165) is 64.0 Å². The third-order valence-electron chi connectivity index (χ3n) is 10.8. The van der Waals surface area contributed by atoms with Crippen molar-refractivity contribution in [2.24, 2.45) is 7.05 Å². The quantitative estimate of drug-likeness (QED) is 0.235. The third kappa shape index (κ3) is 6.19. The second-order valence-electron chi connectivity index (χ2n) is 14.5. The molecule has 4 aromatic rings. The number of fused-ring (bicyclic) bond motifs is 5. The summed E-state index contributed by atoms with van der Waals surface area (Å²) < 4.78 is 25.2. The van der Waals surface area contributed by atoms with Crippen LogP contribution in [0.25, 0.3) is 33.8 Å². The number of amides is 2. The van der Waals surface area contributed by atoms with Gasteiger partial charge in [-0.25, -0.2) is 4.21 Å². The van der Waals surface area contributed by atoms with Crippen molar-refractivity contribution >= 4 is 45.4 Å². The van der Waals surface area contributed by atoms with Crippen LogP contribution < -0.4 is 9.46 Å². The number of nitrogens with one attached hydrogen (secondary N) is 1. The fraction of sp³-hybridized carbons (Fsp3) is 0.462. The van der Waals surface area contributed by atoms with E-state index in [2.05, 4.69) is 57.7 Å². The molecule has 3 aliphatic rings. The number of likely N-dealkylation sites (N-methyl/N-ethyl adjacent to an activating group) is 1. The number of carbonyl (C=O) groups excluding carboxylic acids is 2. The van der Waals surface area contributed by atoms with Crippen molar-refractivity contribution in [1.82, 2.24) is 28.9 Å². The molecule has 7 rings (SSSR count). The molecule has 0 spiro atoms. The molecular weight excluding hydrogens is 649 g/mol. The first-order valence-electron chi connectivity index (χ1n) is 17.8. The number of methoxy groups -OCH3 is 1. The number of ether oxygens (including phenoxy) is 1. The molecule has 2 unspecified atom stereocenters. The van der Waals surface area contributed by atoms with Crippen molar-refractivity contribution in [2.45, 2.75) is 76.1 Å². The standard InChI is InChI=1S/C39H48N6O4S/c1-24(2)50(48)41-38(46)26-12-14-32-34(20-26)45-22-28(36-33(21-40-43(36)5)39(47)44-17-16-29(23-44)42(3)4)18-27-19-30(49-6)13-15-31(27)37(45)35(32)25-10-8-7-9-11-25/h12-15,18-21,24-25,29H,7-11,16-17,22-23H2,1-6H3,(H,41,46). The molecule has 264 valence electrons. The van der Waals surface area contributed by atoms with Crippen LogP contribution in [-0.2, 0) is 24.6 Å². The number of rotatable bonds is 8. The van der Waals surface area contributed by atoms with Crippen LogP contribution in [0.1, 0.15) is 95.8 Å². The average Bonchev–Trinajstić information content (AvgIpc) is 3.81. The van der Waals surface area contributed by atoms with E-state index >= 15 is 0 Å². The van der Waals surface area contributed by atoms with E-state index < -0.39 is 11.0 Å². The van der Waals surface area contributed by atoms with Crippen LogP contribution in [0.15, 0.2) is 42.6 Å². The van der Waals surface area contributed by atoms with Gasteiger partial charge in [-0.3, -0.25) is 19.0 Å². The van der Waals surface area contributed by atoms with Gasteiger partial charge in [0.1, 0.15) is 16.7 Å². The highest BCUT2D eigenvalue weighted by atomic mass is 32.2. The molecule has 10 nitrogen and oxygen atoms in total. The maximum absolute atomic E-state index is 14.2. The Morgan fingerprint density at radius 2 is 1.82 bits per heavy atom. The molecular formula is C39H48N6O4S. The lowest BCUT2D eigenvalue weighted by atomic mass is 9.81. The number of hydrogen-bond acceptors (Lipinski definition) is 6. The zero-order valence-corrected chi connectivity index (χ0v) is 30.8. The zero-order chi connectivity index (χ0) is 35.3. The van der Waals surface area contributed by atoms with Gasteiger partial charge in [0.2, 0.25) is 0 Å². The van der Waals surface area contributed by atoms with E-state index in [4.69, 9.17) is 4.74 Å². The van der Waals surface area contributed by atoms with Crippen LogP contribution in [0.3, 0.4) is 0 Å². The second kappa shape index (κ2) is 13.8. The number of likely N-dealkylation sites (tertiary alicyclic amines) is 1. The average molecular weight is 697 g/mol. The molecule has 50 heavy (non-hydrogen) atoms. The van der Waals surface area contributed by atoms with E-state index in [-0.39, 0.29) is 17.1 Å². The van der Waals surface area contributed by atoms with Gasteiger partial charge in [0.25, 0.3) is 11.8 Å². The minimum Gasteiger partial charge on any atom is -0.497 e. The van der Waals surface area contributed by atoms with Crippen molar-refractivity contribution in [3.8, 4) is 17.0 Å². The van der Waals surface area contributed by atoms with E-state index in [9.17, 15) is 13.8 Å². The monoisotopic (exact) mass is 696 g/mol. The van der Waals surface area contributed by atoms with Crippen LogP contribution in [0, 0.1) is 0 Å². The number of carbonyl (C=O) groups is 2. The Labute approximate surface area is 297 Å². The predicted molar refractivity (Wildman–Crippen MR) is 200 cm³/mol. The Morgan fingerprint density at radius 3 is 2.52 bits per heavy atom. The predicted octanol–water partition coefficient (Wildman–Crippen LogP) is 6.23. The van der Waals surface area contributed by atoms with E-state index in [1.807, 2.05) is 48.7 Å². The van der Waals surface area contributed by atoms with Gasteiger partial charge >= 0.3 is 0 Å². The first kappa shape index (κ1) is 34.2. The smallest absolute Gasteiger partial charge is 0.263 e. The third-order valence-corrected chi connectivity index (χ3v) is 12.1. The summed E-state index contributed by atoms with van der Waals surface area (Å²) in [6.45, 7) is 5.51. The molecule has 0 bridgehead atoms. The Bertz CT molecular complexity index is 2020. The highest BCUT2D eigenvalue weighted by Gasteiger charge is 2.34. The Morgan fingerprint density at radius 1 is 1.04 bits per heavy atom. The Hall–Kier alpha value is -4.22. The number of nitrogens with zero attached hydrogens (tertiary/aromatic N) is 5. The highest BCUT2D eigenvalue weighted by Crippen LogP contribution is 2.48. The van der Waals surface area contributed by atoms with Crippen LogP contribution in [-0.4, -0.2) is 85.8 Å². The summed E-state index contributed by atoms with van der Waals surface area (Å²) in [5.41, 5.74) is 8.29. The normalized spacial score (nSPS) is 18.6. The van der Waals surface area contributed by atoms with Crippen molar-refractivity contribution in [3.63, 3.8) is 0 Å². The molecule has 4 heterocycles. The minimum absolute atomic E-state index is 0.00828. The molecule has 2 aliphatic heterocycles. The molecule has 2 aromatic heterocycles. The fourth-order valence-electron chi connectivity index (χ4n) is 8.09. The zero-order valence-electron chi connectivity index (χ0n) is 30.0. The Kier molecular flexibility index (Phi) is 9.47. The molecule has 1 saturated carbocycles. The molecule has 11 heteroatoms. The highest BCUT2D eigenvalue weighted by molar-refractivity contribution is 7.84. The van der Waals surface area contributed by atoms with Gasteiger partial charge < -0.3 is 19.1 Å². The summed E-state index contributed by atoms with van der Waals surface area (Å²) in [6.07, 6.45) is 10.7. The van der Waals surface area contributed by atoms with Gasteiger partial charge in [-0.15, -0.1) is 0 Å². The number of hydrogen-bond donors (Lipinski definition) is 1. The SMILES string of the molecule is COc1ccc2c(c1)C=C(c1c(C(=O)N3CCC(N(C)C)C3)cnn1C)Cn1c-2c(C2CCCCC2)c2ccc(C(=O)NS(=O)C(C)C)cc21. The molecule has 0 radical (unpaired) electrons. The number of aromatic nitrogens is 3. The molecule has 2 atom stereocenters. The Balaban J connectivity index is 1.42. The molecule has 2 aromatic carbocycles. The van der Waals surface area contributed by atoms with Gasteiger partial charge in [-0.2, -0.15) is 5.10 Å². The van der Waals surface area contributed by atoms with Gasteiger partial charge in [-0.1, -0.05) is 25.3 Å². The lowest BCUT2D eigenvalue weighted by molar-refractivity contribution is 0.0782. The summed E-state index contributed by atoms with van der Waals surface area (Å²) in [7, 11) is 6.22.